The van der Waals surface area contributed by atoms with E-state index in [4.69, 9.17) is 0 Å². The largest absolute Gasteiger partial charge is 0.351 e. The van der Waals surface area contributed by atoms with Gasteiger partial charge in [-0.1, -0.05) is 15.9 Å². The third kappa shape index (κ3) is 5.81. The Morgan fingerprint density at radius 1 is 1.43 bits per heavy atom. The Morgan fingerprint density at radius 3 is 2.71 bits per heavy atom. The van der Waals surface area contributed by atoms with Crippen LogP contribution in [0.5, 0.6) is 0 Å². The molecule has 1 aliphatic heterocycles. The smallest absolute Gasteiger partial charge is 0.233 e. The third-order valence-electron chi connectivity index (χ3n) is 3.59. The first-order valence-electron chi connectivity index (χ1n) is 7.02. The van der Waals surface area contributed by atoms with Crippen LogP contribution in [0.1, 0.15) is 26.7 Å². The molecule has 0 aromatic heterocycles. The van der Waals surface area contributed by atoms with E-state index in [1.54, 1.807) is 11.8 Å². The van der Waals surface area contributed by atoms with Crippen LogP contribution in [0.25, 0.3) is 0 Å². The number of nitrogens with one attached hydrogen (secondary N) is 2. The van der Waals surface area contributed by atoms with Gasteiger partial charge in [0.05, 0.1) is 5.25 Å². The fourth-order valence-electron chi connectivity index (χ4n) is 2.31. The minimum Gasteiger partial charge on any atom is -0.351 e. The van der Waals surface area contributed by atoms with Crippen molar-refractivity contribution >= 4 is 46.0 Å². The average molecular weight is 394 g/mol. The van der Waals surface area contributed by atoms with Gasteiger partial charge >= 0.3 is 0 Å². The van der Waals surface area contributed by atoms with Crippen molar-refractivity contribution in [2.75, 3.05) is 6.54 Å². The molecule has 1 aromatic carbocycles. The molecule has 1 aromatic rings. The molecule has 3 atom stereocenters. The average Bonchev–Trinajstić information content (AvgIpc) is 2.44. The van der Waals surface area contributed by atoms with E-state index in [9.17, 15) is 4.79 Å². The normalized spacial score (nSPS) is 23.0. The topological polar surface area (TPSA) is 41.1 Å². The first-order chi connectivity index (χ1) is 9.56. The number of benzene rings is 1. The number of carbonyl (C=O) groups excluding carboxylic acids is 1. The maximum atomic E-state index is 12.3. The van der Waals surface area contributed by atoms with Gasteiger partial charge in [-0.05, 0) is 57.5 Å². The zero-order valence-electron chi connectivity index (χ0n) is 12.3. The number of hydrogen-bond acceptors (Lipinski definition) is 3. The maximum absolute atomic E-state index is 12.3. The molecule has 0 aliphatic carbocycles. The predicted octanol–water partition coefficient (Wildman–Crippen LogP) is 3.61. The minimum atomic E-state index is -0.0784. The summed E-state index contributed by atoms with van der Waals surface area (Å²) >= 11 is 5.01. The lowest BCUT2D eigenvalue weighted by Crippen LogP contribution is -2.53. The van der Waals surface area contributed by atoms with E-state index in [-0.39, 0.29) is 29.6 Å². The summed E-state index contributed by atoms with van der Waals surface area (Å²) in [5, 5.41) is 6.50. The predicted molar refractivity (Wildman–Crippen MR) is 95.3 cm³/mol. The summed E-state index contributed by atoms with van der Waals surface area (Å²) in [7, 11) is 0. The quantitative estimate of drug-likeness (QED) is 0.768. The molecule has 118 valence electrons. The monoisotopic (exact) mass is 392 g/mol. The van der Waals surface area contributed by atoms with Crippen molar-refractivity contribution in [2.45, 2.75) is 48.9 Å². The lowest BCUT2D eigenvalue weighted by molar-refractivity contribution is -0.121. The van der Waals surface area contributed by atoms with Gasteiger partial charge in [0.25, 0.3) is 0 Å². The van der Waals surface area contributed by atoms with Crippen molar-refractivity contribution in [3.8, 4) is 0 Å². The van der Waals surface area contributed by atoms with Crippen molar-refractivity contribution in [1.29, 1.82) is 0 Å². The van der Waals surface area contributed by atoms with Crippen molar-refractivity contribution in [3.63, 3.8) is 0 Å². The number of hydrogen-bond donors (Lipinski definition) is 2. The van der Waals surface area contributed by atoms with Gasteiger partial charge in [-0.15, -0.1) is 24.2 Å². The van der Waals surface area contributed by atoms with E-state index >= 15 is 0 Å². The highest BCUT2D eigenvalue weighted by molar-refractivity contribution is 9.10. The van der Waals surface area contributed by atoms with Crippen LogP contribution in [0, 0.1) is 0 Å². The summed E-state index contributed by atoms with van der Waals surface area (Å²) in [6.07, 6.45) is 2.19. The molecular weight excluding hydrogens is 372 g/mol. The Labute approximate surface area is 145 Å². The standard InChI is InChI=1S/C15H21BrN2OS.ClH/c1-10-14(4-3-9-17-10)18-15(19)11(2)20-13-7-5-12(16)6-8-13;/h5-8,10-11,14,17H,3-4,9H2,1-2H3,(H,18,19);1H. The van der Waals surface area contributed by atoms with Crippen molar-refractivity contribution in [1.82, 2.24) is 10.6 Å². The molecule has 3 nitrogen and oxygen atoms in total. The molecule has 1 saturated heterocycles. The second kappa shape index (κ2) is 9.03. The van der Waals surface area contributed by atoms with Crippen LogP contribution < -0.4 is 10.6 Å². The zero-order valence-corrected chi connectivity index (χ0v) is 15.5. The van der Waals surface area contributed by atoms with Crippen LogP contribution in [0.3, 0.4) is 0 Å². The van der Waals surface area contributed by atoms with E-state index in [1.807, 2.05) is 31.2 Å². The van der Waals surface area contributed by atoms with Crippen molar-refractivity contribution in [2.24, 2.45) is 0 Å². The van der Waals surface area contributed by atoms with Gasteiger partial charge in [0, 0.05) is 21.5 Å². The Hall–Kier alpha value is -0.230. The molecule has 0 spiro atoms. The number of carbonyl (C=O) groups is 1. The van der Waals surface area contributed by atoms with E-state index < -0.39 is 0 Å². The summed E-state index contributed by atoms with van der Waals surface area (Å²) in [5.41, 5.74) is 0. The molecule has 2 rings (SSSR count). The zero-order chi connectivity index (χ0) is 14.5. The molecular formula is C15H22BrClN2OS. The number of rotatable bonds is 4. The number of halogens is 2. The van der Waals surface area contributed by atoms with Gasteiger partial charge < -0.3 is 10.6 Å². The van der Waals surface area contributed by atoms with Gasteiger partial charge in [0.1, 0.15) is 0 Å². The molecule has 1 amide bonds. The fourth-order valence-corrected chi connectivity index (χ4v) is 3.45. The van der Waals surface area contributed by atoms with E-state index in [1.165, 1.54) is 0 Å². The van der Waals surface area contributed by atoms with Gasteiger partial charge in [0.15, 0.2) is 0 Å². The fraction of sp³-hybridized carbons (Fsp3) is 0.533. The Morgan fingerprint density at radius 2 is 2.10 bits per heavy atom. The van der Waals surface area contributed by atoms with Crippen LogP contribution in [0.2, 0.25) is 0 Å². The van der Waals surface area contributed by atoms with Gasteiger partial charge in [-0.25, -0.2) is 0 Å². The molecule has 6 heteroatoms. The van der Waals surface area contributed by atoms with Crippen LogP contribution >= 0.6 is 40.1 Å². The summed E-state index contributed by atoms with van der Waals surface area (Å²) in [5.74, 6) is 0.124. The highest BCUT2D eigenvalue weighted by atomic mass is 79.9. The first kappa shape index (κ1) is 18.8. The Balaban J connectivity index is 0.00000220. The summed E-state index contributed by atoms with van der Waals surface area (Å²) in [4.78, 5) is 13.4. The lowest BCUT2D eigenvalue weighted by atomic mass is 10.00. The number of amides is 1. The van der Waals surface area contributed by atoms with Crippen LogP contribution in [-0.4, -0.2) is 29.8 Å². The van der Waals surface area contributed by atoms with E-state index in [0.717, 1.165) is 28.8 Å². The molecule has 2 N–H and O–H groups in total. The molecule has 0 radical (unpaired) electrons. The SMILES string of the molecule is CC(Sc1ccc(Br)cc1)C(=O)NC1CCCNC1C.Cl. The summed E-state index contributed by atoms with van der Waals surface area (Å²) in [6, 6.07) is 8.68. The highest BCUT2D eigenvalue weighted by Gasteiger charge is 2.24. The minimum absolute atomic E-state index is 0. The van der Waals surface area contributed by atoms with Gasteiger partial charge in [-0.2, -0.15) is 0 Å². The van der Waals surface area contributed by atoms with Crippen LogP contribution in [0.4, 0.5) is 0 Å². The summed E-state index contributed by atoms with van der Waals surface area (Å²) in [6.45, 7) is 5.15. The second-order valence-corrected chi connectivity index (χ2v) is 7.54. The van der Waals surface area contributed by atoms with Gasteiger partial charge in [0.2, 0.25) is 5.91 Å². The highest BCUT2D eigenvalue weighted by Crippen LogP contribution is 2.25. The van der Waals surface area contributed by atoms with E-state index in [2.05, 4.69) is 33.5 Å². The Kier molecular flexibility index (Phi) is 8.09. The summed E-state index contributed by atoms with van der Waals surface area (Å²) < 4.78 is 1.06. The molecule has 1 heterocycles. The van der Waals surface area contributed by atoms with Gasteiger partial charge in [-0.3, -0.25) is 4.79 Å². The van der Waals surface area contributed by atoms with E-state index in [0.29, 0.717) is 6.04 Å². The second-order valence-electron chi connectivity index (χ2n) is 5.21. The van der Waals surface area contributed by atoms with Crippen LogP contribution in [0.15, 0.2) is 33.6 Å². The first-order valence-corrected chi connectivity index (χ1v) is 8.69. The number of piperidine rings is 1. The third-order valence-corrected chi connectivity index (χ3v) is 5.23. The molecule has 1 fully saturated rings. The Bertz CT molecular complexity index is 457. The molecule has 3 unspecified atom stereocenters. The number of thioether (sulfide) groups is 1. The maximum Gasteiger partial charge on any atom is 0.233 e. The molecule has 1 aliphatic rings. The van der Waals surface area contributed by atoms with Crippen molar-refractivity contribution < 1.29 is 4.79 Å². The molecule has 0 bridgehead atoms. The molecule has 21 heavy (non-hydrogen) atoms. The molecule has 0 saturated carbocycles. The van der Waals surface area contributed by atoms with Crippen LogP contribution in [-0.2, 0) is 4.79 Å². The lowest BCUT2D eigenvalue weighted by Gasteiger charge is -2.31. The van der Waals surface area contributed by atoms with Crippen molar-refractivity contribution in [3.05, 3.63) is 28.7 Å².